The van der Waals surface area contributed by atoms with Crippen molar-refractivity contribution in [2.24, 2.45) is 0 Å². The van der Waals surface area contributed by atoms with Gasteiger partial charge >= 0.3 is 0 Å². The number of carbonyl (C=O) groups is 1. The van der Waals surface area contributed by atoms with Crippen LogP contribution in [0.2, 0.25) is 0 Å². The van der Waals surface area contributed by atoms with Crippen molar-refractivity contribution in [3.8, 4) is 0 Å². The van der Waals surface area contributed by atoms with Crippen molar-refractivity contribution in [2.45, 2.75) is 25.4 Å². The van der Waals surface area contributed by atoms with Crippen LogP contribution in [0.5, 0.6) is 0 Å². The fraction of sp³-hybridized carbons (Fsp3) is 0.533. The van der Waals surface area contributed by atoms with Crippen molar-refractivity contribution in [2.75, 3.05) is 26.7 Å². The van der Waals surface area contributed by atoms with E-state index in [2.05, 4.69) is 17.6 Å². The average molecular weight is 261 g/mol. The lowest BCUT2D eigenvalue weighted by atomic mass is 10.0. The lowest BCUT2D eigenvalue weighted by Gasteiger charge is -2.26. The number of amides is 1. The topological polar surface area (TPSA) is 44.4 Å². The van der Waals surface area contributed by atoms with E-state index in [1.807, 2.05) is 37.4 Å². The molecule has 4 heteroatoms. The van der Waals surface area contributed by atoms with Gasteiger partial charge in [-0.1, -0.05) is 30.3 Å². The van der Waals surface area contributed by atoms with Crippen molar-refractivity contribution < 1.29 is 4.79 Å². The van der Waals surface area contributed by atoms with Crippen LogP contribution >= 0.6 is 0 Å². The molecule has 1 atom stereocenters. The van der Waals surface area contributed by atoms with Gasteiger partial charge in [-0.05, 0) is 25.5 Å². The Balaban J connectivity index is 1.79. The van der Waals surface area contributed by atoms with Crippen LogP contribution in [0.25, 0.3) is 0 Å². The summed E-state index contributed by atoms with van der Waals surface area (Å²) in [5.41, 5.74) is 1.22. The van der Waals surface area contributed by atoms with Gasteiger partial charge < -0.3 is 15.5 Å². The molecule has 104 valence electrons. The molecule has 4 nitrogen and oxygen atoms in total. The van der Waals surface area contributed by atoms with E-state index in [1.165, 1.54) is 0 Å². The van der Waals surface area contributed by atoms with E-state index >= 15 is 0 Å². The average Bonchev–Trinajstić information content (AvgIpc) is 2.84. The quantitative estimate of drug-likeness (QED) is 0.830. The molecule has 1 unspecified atom stereocenters. The molecule has 1 aliphatic rings. The third-order valence-electron chi connectivity index (χ3n) is 3.72. The first-order chi connectivity index (χ1) is 9.09. The number of carbonyl (C=O) groups excluding carboxylic acids is 1. The van der Waals surface area contributed by atoms with E-state index in [-0.39, 0.29) is 11.4 Å². The minimum atomic E-state index is 0.0588. The number of rotatable bonds is 5. The normalized spacial score (nSPS) is 22.4. The largest absolute Gasteiger partial charge is 0.340 e. The SMILES string of the molecule is CN(Cc1ccccc1)C(=O)CNC1(C)CCNC1. The van der Waals surface area contributed by atoms with Gasteiger partial charge in [0.25, 0.3) is 0 Å². The van der Waals surface area contributed by atoms with Crippen molar-refractivity contribution in [1.82, 2.24) is 15.5 Å². The molecule has 0 aromatic heterocycles. The predicted molar refractivity (Wildman–Crippen MR) is 76.8 cm³/mol. The molecule has 1 saturated heterocycles. The first kappa shape index (κ1) is 14.0. The molecule has 1 heterocycles. The number of nitrogens with zero attached hydrogens (tertiary/aromatic N) is 1. The Hall–Kier alpha value is -1.39. The van der Waals surface area contributed by atoms with Gasteiger partial charge in [-0.3, -0.25) is 4.79 Å². The van der Waals surface area contributed by atoms with Crippen LogP contribution in [0.3, 0.4) is 0 Å². The summed E-state index contributed by atoms with van der Waals surface area (Å²) >= 11 is 0. The van der Waals surface area contributed by atoms with E-state index in [0.29, 0.717) is 13.1 Å². The summed E-state index contributed by atoms with van der Waals surface area (Å²) in [6.07, 6.45) is 1.07. The van der Waals surface area contributed by atoms with Gasteiger partial charge in [-0.25, -0.2) is 0 Å². The molecule has 0 radical (unpaired) electrons. The highest BCUT2D eigenvalue weighted by molar-refractivity contribution is 5.78. The third-order valence-corrected chi connectivity index (χ3v) is 3.72. The van der Waals surface area contributed by atoms with Crippen LogP contribution < -0.4 is 10.6 Å². The molecule has 1 fully saturated rings. The van der Waals surface area contributed by atoms with E-state index in [1.54, 1.807) is 4.90 Å². The summed E-state index contributed by atoms with van der Waals surface area (Å²) in [4.78, 5) is 13.9. The molecule has 19 heavy (non-hydrogen) atoms. The van der Waals surface area contributed by atoms with Crippen molar-refractivity contribution in [3.05, 3.63) is 35.9 Å². The van der Waals surface area contributed by atoms with Gasteiger partial charge in [0.2, 0.25) is 5.91 Å². The summed E-state index contributed by atoms with van der Waals surface area (Å²) in [5, 5.41) is 6.69. The number of nitrogens with one attached hydrogen (secondary N) is 2. The molecule has 1 aromatic carbocycles. The smallest absolute Gasteiger partial charge is 0.236 e. The molecule has 0 bridgehead atoms. The second-order valence-electron chi connectivity index (χ2n) is 5.58. The van der Waals surface area contributed by atoms with Crippen molar-refractivity contribution >= 4 is 5.91 Å². The van der Waals surface area contributed by atoms with Gasteiger partial charge in [-0.2, -0.15) is 0 Å². The molecule has 1 aliphatic heterocycles. The summed E-state index contributed by atoms with van der Waals surface area (Å²) in [6, 6.07) is 10.1. The molecule has 1 amide bonds. The summed E-state index contributed by atoms with van der Waals surface area (Å²) in [5.74, 6) is 0.136. The van der Waals surface area contributed by atoms with Crippen LogP contribution in [0, 0.1) is 0 Å². The van der Waals surface area contributed by atoms with Gasteiger partial charge in [0.1, 0.15) is 0 Å². The first-order valence-electron chi connectivity index (χ1n) is 6.83. The first-order valence-corrected chi connectivity index (χ1v) is 6.83. The maximum atomic E-state index is 12.1. The Kier molecular flexibility index (Phi) is 4.56. The highest BCUT2D eigenvalue weighted by Crippen LogP contribution is 2.12. The Morgan fingerprint density at radius 2 is 2.16 bits per heavy atom. The number of likely N-dealkylation sites (N-methyl/N-ethyl adjacent to an activating group) is 1. The van der Waals surface area contributed by atoms with E-state index in [0.717, 1.165) is 25.1 Å². The van der Waals surface area contributed by atoms with Gasteiger partial charge in [0.05, 0.1) is 6.54 Å². The van der Waals surface area contributed by atoms with Crippen LogP contribution in [0.4, 0.5) is 0 Å². The van der Waals surface area contributed by atoms with Gasteiger partial charge in [0, 0.05) is 25.7 Å². The summed E-state index contributed by atoms with van der Waals surface area (Å²) < 4.78 is 0. The minimum absolute atomic E-state index is 0.0588. The monoisotopic (exact) mass is 261 g/mol. The zero-order valence-electron chi connectivity index (χ0n) is 11.8. The zero-order valence-corrected chi connectivity index (χ0v) is 11.8. The lowest BCUT2D eigenvalue weighted by molar-refractivity contribution is -0.129. The zero-order chi connectivity index (χ0) is 13.7. The maximum Gasteiger partial charge on any atom is 0.236 e. The minimum Gasteiger partial charge on any atom is -0.340 e. The Morgan fingerprint density at radius 1 is 1.42 bits per heavy atom. The molecular formula is C15H23N3O. The highest BCUT2D eigenvalue weighted by Gasteiger charge is 2.28. The second-order valence-corrected chi connectivity index (χ2v) is 5.58. The van der Waals surface area contributed by atoms with Crippen molar-refractivity contribution in [3.63, 3.8) is 0 Å². The number of hydrogen-bond acceptors (Lipinski definition) is 3. The second kappa shape index (κ2) is 6.17. The summed E-state index contributed by atoms with van der Waals surface area (Å²) in [6.45, 7) is 5.19. The van der Waals surface area contributed by atoms with E-state index < -0.39 is 0 Å². The molecule has 0 saturated carbocycles. The van der Waals surface area contributed by atoms with Crippen LogP contribution in [-0.4, -0.2) is 43.0 Å². The van der Waals surface area contributed by atoms with E-state index in [9.17, 15) is 4.79 Å². The van der Waals surface area contributed by atoms with Crippen LogP contribution in [0.1, 0.15) is 18.9 Å². The fourth-order valence-corrected chi connectivity index (χ4v) is 2.34. The Bertz CT molecular complexity index is 413. The van der Waals surface area contributed by atoms with Gasteiger partial charge in [-0.15, -0.1) is 0 Å². The Labute approximate surface area is 115 Å². The molecule has 2 N–H and O–H groups in total. The molecule has 0 spiro atoms. The molecule has 1 aromatic rings. The molecule has 2 rings (SSSR count). The Morgan fingerprint density at radius 3 is 2.79 bits per heavy atom. The maximum absolute atomic E-state index is 12.1. The van der Waals surface area contributed by atoms with E-state index in [4.69, 9.17) is 0 Å². The predicted octanol–water partition coefficient (Wildman–Crippen LogP) is 0.987. The molecular weight excluding hydrogens is 238 g/mol. The highest BCUT2D eigenvalue weighted by atomic mass is 16.2. The van der Waals surface area contributed by atoms with Crippen LogP contribution in [-0.2, 0) is 11.3 Å². The molecule has 0 aliphatic carbocycles. The van der Waals surface area contributed by atoms with Crippen molar-refractivity contribution in [1.29, 1.82) is 0 Å². The standard InChI is InChI=1S/C15H23N3O/c1-15(8-9-16-12-15)17-10-14(19)18(2)11-13-6-4-3-5-7-13/h3-7,16-17H,8-12H2,1-2H3. The van der Waals surface area contributed by atoms with Crippen LogP contribution in [0.15, 0.2) is 30.3 Å². The van der Waals surface area contributed by atoms with Gasteiger partial charge in [0.15, 0.2) is 0 Å². The lowest BCUT2D eigenvalue weighted by Crippen LogP contribution is -2.48. The summed E-state index contributed by atoms with van der Waals surface area (Å²) in [7, 11) is 1.85. The number of hydrogen-bond donors (Lipinski definition) is 2. The number of benzene rings is 1. The third kappa shape index (κ3) is 4.04. The fourth-order valence-electron chi connectivity index (χ4n) is 2.34.